The minimum absolute atomic E-state index is 0.0817. The summed E-state index contributed by atoms with van der Waals surface area (Å²) >= 11 is 0. The Hall–Kier alpha value is -2.30. The molecule has 1 atom stereocenters. The van der Waals surface area contributed by atoms with Crippen molar-refractivity contribution in [3.05, 3.63) is 29.8 Å². The quantitative estimate of drug-likeness (QED) is 0.475. The Kier molecular flexibility index (Phi) is 3.53. The van der Waals surface area contributed by atoms with Gasteiger partial charge in [-0.25, -0.2) is 4.90 Å². The molecule has 104 valence electrons. The number of anilines is 1. The lowest BCUT2D eigenvalue weighted by Crippen LogP contribution is -2.32. The lowest BCUT2D eigenvalue weighted by atomic mass is 10.00. The summed E-state index contributed by atoms with van der Waals surface area (Å²) in [4.78, 5) is 48.2. The van der Waals surface area contributed by atoms with Gasteiger partial charge < -0.3 is 0 Å². The van der Waals surface area contributed by atoms with Crippen molar-refractivity contribution in [2.75, 3.05) is 4.90 Å². The summed E-state index contributed by atoms with van der Waals surface area (Å²) in [6, 6.07) is 6.90. The fourth-order valence-corrected chi connectivity index (χ4v) is 2.34. The first-order valence-corrected chi connectivity index (χ1v) is 6.37. The van der Waals surface area contributed by atoms with Crippen LogP contribution in [0, 0.1) is 5.92 Å². The predicted molar refractivity (Wildman–Crippen MR) is 72.2 cm³/mol. The van der Waals surface area contributed by atoms with Gasteiger partial charge in [0.2, 0.25) is 5.78 Å². The zero-order chi connectivity index (χ0) is 15.0. The van der Waals surface area contributed by atoms with E-state index in [9.17, 15) is 19.2 Å². The molecule has 1 fully saturated rings. The molecular formula is C15H15NO4. The van der Waals surface area contributed by atoms with E-state index in [1.54, 1.807) is 24.3 Å². The molecule has 1 aliphatic rings. The first-order chi connectivity index (χ1) is 9.36. The van der Waals surface area contributed by atoms with E-state index in [4.69, 9.17) is 0 Å². The molecule has 0 aromatic heterocycles. The second-order valence-corrected chi connectivity index (χ2v) is 5.10. The highest BCUT2D eigenvalue weighted by molar-refractivity contribution is 6.59. The Morgan fingerprint density at radius 2 is 1.75 bits per heavy atom. The van der Waals surface area contributed by atoms with Gasteiger partial charge in [0.05, 0.1) is 5.69 Å². The number of amides is 2. The van der Waals surface area contributed by atoms with Crippen LogP contribution < -0.4 is 4.90 Å². The molecule has 20 heavy (non-hydrogen) atoms. The van der Waals surface area contributed by atoms with E-state index in [1.807, 2.05) is 13.8 Å². The zero-order valence-electron chi connectivity index (χ0n) is 11.5. The van der Waals surface area contributed by atoms with Gasteiger partial charge >= 0.3 is 5.91 Å². The first kappa shape index (κ1) is 14.1. The van der Waals surface area contributed by atoms with Crippen LogP contribution >= 0.6 is 0 Å². The van der Waals surface area contributed by atoms with Crippen LogP contribution in [0.4, 0.5) is 5.69 Å². The van der Waals surface area contributed by atoms with Crippen LogP contribution in [0.2, 0.25) is 0 Å². The molecule has 1 saturated heterocycles. The standard InChI is InChI=1S/C15H15NO4/c1-8(2)10-6-4-5-7-11(10)16-14(19)12(9(3)17)13(18)15(16)20/h4-8,12H,1-3H3/t12-/m1/s1. The number of rotatable bonds is 3. The van der Waals surface area contributed by atoms with Crippen molar-refractivity contribution >= 4 is 29.1 Å². The maximum absolute atomic E-state index is 12.2. The number of nitrogens with zero attached hydrogens (tertiary/aromatic N) is 1. The van der Waals surface area contributed by atoms with E-state index in [2.05, 4.69) is 0 Å². The van der Waals surface area contributed by atoms with Gasteiger partial charge in [-0.1, -0.05) is 32.0 Å². The number of para-hydroxylation sites is 1. The van der Waals surface area contributed by atoms with Crippen molar-refractivity contribution < 1.29 is 19.2 Å². The molecule has 1 aromatic carbocycles. The third-order valence-electron chi connectivity index (χ3n) is 3.35. The summed E-state index contributed by atoms with van der Waals surface area (Å²) in [6.07, 6.45) is 0. The molecule has 0 radical (unpaired) electrons. The molecule has 0 aliphatic carbocycles. The van der Waals surface area contributed by atoms with Crippen LogP contribution in [-0.4, -0.2) is 23.4 Å². The Bertz CT molecular complexity index is 618. The maximum atomic E-state index is 12.2. The molecular weight excluding hydrogens is 258 g/mol. The molecule has 0 bridgehead atoms. The van der Waals surface area contributed by atoms with Crippen LogP contribution in [0.25, 0.3) is 0 Å². The normalized spacial score (nSPS) is 19.1. The van der Waals surface area contributed by atoms with Crippen LogP contribution in [0.3, 0.4) is 0 Å². The Morgan fingerprint density at radius 3 is 2.25 bits per heavy atom. The summed E-state index contributed by atoms with van der Waals surface area (Å²) in [5, 5.41) is 0. The second kappa shape index (κ2) is 5.00. The van der Waals surface area contributed by atoms with Gasteiger partial charge in [-0.05, 0) is 24.5 Å². The molecule has 2 amide bonds. The van der Waals surface area contributed by atoms with Gasteiger partial charge in [0.15, 0.2) is 5.92 Å². The molecule has 0 N–H and O–H groups in total. The molecule has 5 heteroatoms. The number of Topliss-reactive ketones (excluding diaryl/α,β-unsaturated/α-hetero) is 2. The topological polar surface area (TPSA) is 71.5 Å². The van der Waals surface area contributed by atoms with Gasteiger partial charge in [-0.3, -0.25) is 19.2 Å². The Balaban J connectivity index is 2.54. The summed E-state index contributed by atoms with van der Waals surface area (Å²) in [6.45, 7) is 4.99. The number of ketones is 2. The van der Waals surface area contributed by atoms with E-state index in [1.165, 1.54) is 0 Å². The molecule has 1 heterocycles. The first-order valence-electron chi connectivity index (χ1n) is 6.37. The number of benzene rings is 1. The van der Waals surface area contributed by atoms with Gasteiger partial charge in [-0.15, -0.1) is 0 Å². The van der Waals surface area contributed by atoms with Crippen molar-refractivity contribution in [3.63, 3.8) is 0 Å². The SMILES string of the molecule is CC(=O)[C@@H]1C(=O)C(=O)N(c2ccccc2C(C)C)C1=O. The van der Waals surface area contributed by atoms with Gasteiger partial charge in [0.1, 0.15) is 5.78 Å². The van der Waals surface area contributed by atoms with Gasteiger partial charge in [0, 0.05) is 0 Å². The van der Waals surface area contributed by atoms with Crippen molar-refractivity contribution in [1.82, 2.24) is 0 Å². The summed E-state index contributed by atoms with van der Waals surface area (Å²) in [5.41, 5.74) is 1.17. The number of carbonyl (C=O) groups is 4. The Labute approximate surface area is 116 Å². The monoisotopic (exact) mass is 273 g/mol. The molecule has 1 aromatic rings. The number of carbonyl (C=O) groups excluding carboxylic acids is 4. The average Bonchev–Trinajstić information content (AvgIpc) is 2.60. The molecule has 0 saturated carbocycles. The molecule has 2 rings (SSSR count). The summed E-state index contributed by atoms with van der Waals surface area (Å²) < 4.78 is 0. The fourth-order valence-electron chi connectivity index (χ4n) is 2.34. The van der Waals surface area contributed by atoms with Crippen LogP contribution in [0.15, 0.2) is 24.3 Å². The van der Waals surface area contributed by atoms with E-state index in [-0.39, 0.29) is 5.92 Å². The molecule has 1 aliphatic heterocycles. The van der Waals surface area contributed by atoms with E-state index < -0.39 is 29.3 Å². The van der Waals surface area contributed by atoms with Crippen molar-refractivity contribution in [1.29, 1.82) is 0 Å². The van der Waals surface area contributed by atoms with Crippen LogP contribution in [0.1, 0.15) is 32.3 Å². The van der Waals surface area contributed by atoms with Crippen molar-refractivity contribution in [3.8, 4) is 0 Å². The van der Waals surface area contributed by atoms with Gasteiger partial charge in [0.25, 0.3) is 5.91 Å². The highest BCUT2D eigenvalue weighted by Gasteiger charge is 2.50. The smallest absolute Gasteiger partial charge is 0.299 e. The lowest BCUT2D eigenvalue weighted by Gasteiger charge is -2.19. The predicted octanol–water partition coefficient (Wildman–Crippen LogP) is 1.46. The maximum Gasteiger partial charge on any atom is 0.302 e. The van der Waals surface area contributed by atoms with Crippen molar-refractivity contribution in [2.45, 2.75) is 26.7 Å². The second-order valence-electron chi connectivity index (χ2n) is 5.10. The number of imide groups is 1. The minimum atomic E-state index is -1.48. The zero-order valence-corrected chi connectivity index (χ0v) is 11.5. The van der Waals surface area contributed by atoms with Crippen molar-refractivity contribution in [2.24, 2.45) is 5.92 Å². The third kappa shape index (κ3) is 2.05. The molecule has 0 spiro atoms. The average molecular weight is 273 g/mol. The highest BCUT2D eigenvalue weighted by Crippen LogP contribution is 2.31. The highest BCUT2D eigenvalue weighted by atomic mass is 16.2. The number of hydrogen-bond acceptors (Lipinski definition) is 4. The van der Waals surface area contributed by atoms with E-state index in [0.29, 0.717) is 5.69 Å². The fraction of sp³-hybridized carbons (Fsp3) is 0.333. The molecule has 0 unspecified atom stereocenters. The van der Waals surface area contributed by atoms with E-state index in [0.717, 1.165) is 17.4 Å². The summed E-state index contributed by atoms with van der Waals surface area (Å²) in [7, 11) is 0. The van der Waals surface area contributed by atoms with Crippen LogP contribution in [0.5, 0.6) is 0 Å². The largest absolute Gasteiger partial charge is 0.302 e. The lowest BCUT2D eigenvalue weighted by molar-refractivity contribution is -0.139. The van der Waals surface area contributed by atoms with Crippen LogP contribution in [-0.2, 0) is 19.2 Å². The Morgan fingerprint density at radius 1 is 1.15 bits per heavy atom. The van der Waals surface area contributed by atoms with E-state index >= 15 is 0 Å². The third-order valence-corrected chi connectivity index (χ3v) is 3.35. The summed E-state index contributed by atoms with van der Waals surface area (Å²) in [5.74, 6) is -4.62. The number of hydrogen-bond donors (Lipinski definition) is 0. The molecule has 5 nitrogen and oxygen atoms in total. The van der Waals surface area contributed by atoms with Gasteiger partial charge in [-0.2, -0.15) is 0 Å². The minimum Gasteiger partial charge on any atom is -0.299 e.